The first-order valence-corrected chi connectivity index (χ1v) is 8.19. The molecule has 21 heavy (non-hydrogen) atoms. The largest absolute Gasteiger partial charge is 0.388 e. The molecular weight excluding hydrogens is 424 g/mol. The Labute approximate surface area is 144 Å². The van der Waals surface area contributed by atoms with Crippen LogP contribution in [0.2, 0.25) is 5.02 Å². The number of benzene rings is 2. The molecule has 3 N–H and O–H groups in total. The quantitative estimate of drug-likeness (QED) is 0.723. The van der Waals surface area contributed by atoms with Crippen LogP contribution < -0.4 is 5.73 Å². The third kappa shape index (κ3) is 3.66. The predicted octanol–water partition coefficient (Wildman–Crippen LogP) is 4.78. The number of halogens is 4. The topological polar surface area (TPSA) is 46.2 Å². The second-order valence-corrected chi connectivity index (χ2v) is 6.77. The van der Waals surface area contributed by atoms with Gasteiger partial charge in [-0.2, -0.15) is 0 Å². The van der Waals surface area contributed by atoms with Gasteiger partial charge in [-0.15, -0.1) is 0 Å². The molecule has 0 aliphatic heterocycles. The summed E-state index contributed by atoms with van der Waals surface area (Å²) >= 11 is 12.8. The van der Waals surface area contributed by atoms with Crippen molar-refractivity contribution in [2.45, 2.75) is 12.0 Å². The molecule has 0 saturated heterocycles. The summed E-state index contributed by atoms with van der Waals surface area (Å²) in [5.74, 6) is -1.10. The lowest BCUT2D eigenvalue weighted by Gasteiger charge is -2.24. The molecule has 2 aromatic carbocycles. The summed E-state index contributed by atoms with van der Waals surface area (Å²) in [5, 5.41) is 10.9. The lowest BCUT2D eigenvalue weighted by atomic mass is 9.89. The Balaban J connectivity index is 2.48. The summed E-state index contributed by atoms with van der Waals surface area (Å²) in [4.78, 5) is 0. The minimum absolute atomic E-state index is 0.0702. The van der Waals surface area contributed by atoms with E-state index in [9.17, 15) is 9.50 Å². The van der Waals surface area contributed by atoms with E-state index in [0.717, 1.165) is 8.95 Å². The molecule has 2 nitrogen and oxygen atoms in total. The van der Waals surface area contributed by atoms with Gasteiger partial charge < -0.3 is 10.8 Å². The molecule has 0 aliphatic carbocycles. The van der Waals surface area contributed by atoms with Gasteiger partial charge in [0, 0.05) is 32.0 Å². The highest BCUT2D eigenvalue weighted by Crippen LogP contribution is 2.38. The van der Waals surface area contributed by atoms with Crippen LogP contribution in [0.3, 0.4) is 0 Å². The van der Waals surface area contributed by atoms with Gasteiger partial charge in [0.1, 0.15) is 5.82 Å². The Hall–Kier alpha value is -0.460. The van der Waals surface area contributed by atoms with Gasteiger partial charge in [0.25, 0.3) is 0 Å². The van der Waals surface area contributed by atoms with Crippen molar-refractivity contribution < 1.29 is 9.50 Å². The molecule has 2 atom stereocenters. The normalized spacial score (nSPS) is 14.0. The maximum atomic E-state index is 14.1. The first-order valence-electron chi connectivity index (χ1n) is 6.22. The Morgan fingerprint density at radius 1 is 1.24 bits per heavy atom. The van der Waals surface area contributed by atoms with Crippen LogP contribution in [0.5, 0.6) is 0 Å². The molecule has 0 radical (unpaired) electrons. The van der Waals surface area contributed by atoms with Crippen LogP contribution in [0.4, 0.5) is 4.39 Å². The molecule has 0 aliphatic rings. The average molecular weight is 438 g/mol. The molecule has 0 fully saturated rings. The highest BCUT2D eigenvalue weighted by molar-refractivity contribution is 9.11. The Morgan fingerprint density at radius 3 is 2.57 bits per heavy atom. The van der Waals surface area contributed by atoms with Gasteiger partial charge in [-0.3, -0.25) is 0 Å². The van der Waals surface area contributed by atoms with Crippen LogP contribution in [-0.4, -0.2) is 11.7 Å². The van der Waals surface area contributed by atoms with Crippen LogP contribution in [0, 0.1) is 5.82 Å². The molecule has 6 heteroatoms. The van der Waals surface area contributed by atoms with Gasteiger partial charge in [-0.1, -0.05) is 49.5 Å². The van der Waals surface area contributed by atoms with Crippen molar-refractivity contribution in [3.63, 3.8) is 0 Å². The number of aliphatic hydroxyl groups excluding tert-OH is 1. The molecule has 0 bridgehead atoms. The standard InChI is InChI=1S/C15H13Br2ClFNO/c16-8-4-5-11(17)9(6-8)15(21)10(7-20)14-12(18)2-1-3-13(14)19/h1-6,10,15,21H,7,20H2. The van der Waals surface area contributed by atoms with E-state index in [1.165, 1.54) is 12.1 Å². The monoisotopic (exact) mass is 435 g/mol. The molecular formula is C15H13Br2ClFNO. The summed E-state index contributed by atoms with van der Waals surface area (Å²) in [6.45, 7) is 0.0702. The van der Waals surface area contributed by atoms with E-state index in [2.05, 4.69) is 31.9 Å². The molecule has 2 aromatic rings. The number of hydrogen-bond acceptors (Lipinski definition) is 2. The van der Waals surface area contributed by atoms with Gasteiger partial charge in [0.05, 0.1) is 6.10 Å². The fourth-order valence-corrected chi connectivity index (χ4v) is 3.39. The third-order valence-corrected chi connectivity index (χ3v) is 4.83. The lowest BCUT2D eigenvalue weighted by Crippen LogP contribution is -2.22. The summed E-state index contributed by atoms with van der Waals surface area (Å²) in [7, 11) is 0. The van der Waals surface area contributed by atoms with Crippen molar-refractivity contribution in [2.24, 2.45) is 5.73 Å². The van der Waals surface area contributed by atoms with E-state index >= 15 is 0 Å². The van der Waals surface area contributed by atoms with E-state index < -0.39 is 17.8 Å². The van der Waals surface area contributed by atoms with Gasteiger partial charge in [0.2, 0.25) is 0 Å². The Kier molecular flexibility index (Phi) is 5.80. The van der Waals surface area contributed by atoms with Crippen molar-refractivity contribution in [3.8, 4) is 0 Å². The molecule has 2 rings (SSSR count). The highest BCUT2D eigenvalue weighted by Gasteiger charge is 2.27. The van der Waals surface area contributed by atoms with E-state index in [-0.39, 0.29) is 17.1 Å². The summed E-state index contributed by atoms with van der Waals surface area (Å²) in [6.07, 6.45) is -0.976. The van der Waals surface area contributed by atoms with Crippen molar-refractivity contribution in [1.82, 2.24) is 0 Å². The van der Waals surface area contributed by atoms with E-state index in [4.69, 9.17) is 17.3 Å². The maximum Gasteiger partial charge on any atom is 0.128 e. The second-order valence-electron chi connectivity index (χ2n) is 4.59. The summed E-state index contributed by atoms with van der Waals surface area (Å²) in [5.41, 5.74) is 6.62. The zero-order chi connectivity index (χ0) is 15.6. The average Bonchev–Trinajstić information content (AvgIpc) is 2.45. The van der Waals surface area contributed by atoms with Crippen LogP contribution in [0.25, 0.3) is 0 Å². The molecule has 0 spiro atoms. The SMILES string of the molecule is NCC(c1c(F)cccc1Cl)C(O)c1cc(Br)ccc1Br. The van der Waals surface area contributed by atoms with Crippen LogP contribution >= 0.6 is 43.5 Å². The molecule has 0 aromatic heterocycles. The first-order chi connectivity index (χ1) is 9.95. The number of hydrogen-bond donors (Lipinski definition) is 2. The van der Waals surface area contributed by atoms with Crippen molar-refractivity contribution in [3.05, 3.63) is 67.3 Å². The lowest BCUT2D eigenvalue weighted by molar-refractivity contribution is 0.145. The zero-order valence-corrected chi connectivity index (χ0v) is 14.8. The second kappa shape index (κ2) is 7.20. The maximum absolute atomic E-state index is 14.1. The summed E-state index contributed by atoms with van der Waals surface area (Å²) < 4.78 is 15.6. The zero-order valence-electron chi connectivity index (χ0n) is 10.9. The number of aliphatic hydroxyl groups is 1. The Morgan fingerprint density at radius 2 is 1.95 bits per heavy atom. The molecule has 2 unspecified atom stereocenters. The van der Waals surface area contributed by atoms with Gasteiger partial charge in [-0.05, 0) is 35.9 Å². The van der Waals surface area contributed by atoms with Gasteiger partial charge in [-0.25, -0.2) is 4.39 Å². The number of rotatable bonds is 4. The first kappa shape index (κ1) is 16.9. The number of nitrogens with two attached hydrogens (primary N) is 1. The minimum atomic E-state index is -0.976. The van der Waals surface area contributed by atoms with Crippen molar-refractivity contribution in [2.75, 3.05) is 6.54 Å². The van der Waals surface area contributed by atoms with Gasteiger partial charge >= 0.3 is 0 Å². The van der Waals surface area contributed by atoms with Crippen molar-refractivity contribution >= 4 is 43.5 Å². The molecule has 0 saturated carbocycles. The van der Waals surface area contributed by atoms with Crippen LogP contribution in [0.15, 0.2) is 45.3 Å². The van der Waals surface area contributed by atoms with E-state index in [0.29, 0.717) is 5.56 Å². The molecule has 0 heterocycles. The van der Waals surface area contributed by atoms with E-state index in [1.54, 1.807) is 18.2 Å². The van der Waals surface area contributed by atoms with Gasteiger partial charge in [0.15, 0.2) is 0 Å². The minimum Gasteiger partial charge on any atom is -0.388 e. The molecule has 0 amide bonds. The highest BCUT2D eigenvalue weighted by atomic mass is 79.9. The van der Waals surface area contributed by atoms with Crippen LogP contribution in [-0.2, 0) is 0 Å². The van der Waals surface area contributed by atoms with E-state index in [1.807, 2.05) is 6.07 Å². The fraction of sp³-hybridized carbons (Fsp3) is 0.200. The molecule has 112 valence electrons. The summed E-state index contributed by atoms with van der Waals surface area (Å²) in [6, 6.07) is 9.84. The third-order valence-electron chi connectivity index (χ3n) is 3.28. The fourth-order valence-electron chi connectivity index (χ4n) is 2.23. The smallest absolute Gasteiger partial charge is 0.128 e. The van der Waals surface area contributed by atoms with Crippen LogP contribution in [0.1, 0.15) is 23.1 Å². The Bertz CT molecular complexity index is 633. The predicted molar refractivity (Wildman–Crippen MR) is 90.0 cm³/mol. The van der Waals surface area contributed by atoms with Crippen molar-refractivity contribution in [1.29, 1.82) is 0 Å².